The van der Waals surface area contributed by atoms with E-state index in [1.807, 2.05) is 24.4 Å². The Morgan fingerprint density at radius 1 is 1.21 bits per heavy atom. The molecule has 1 amide bonds. The average Bonchev–Trinajstić information content (AvgIpc) is 3.02. The number of hydrogen-bond donors (Lipinski definition) is 2. The van der Waals surface area contributed by atoms with Gasteiger partial charge in [0.2, 0.25) is 0 Å². The minimum Gasteiger partial charge on any atom is -0.507 e. The number of nitrogens with one attached hydrogen (secondary N) is 1. The number of phenolic OH excluding ortho intramolecular Hbond substituents is 1. The Kier molecular flexibility index (Phi) is 4.48. The number of carbonyl (C=O) groups excluding carboxylic acids is 1. The van der Waals surface area contributed by atoms with Crippen LogP contribution in [0.25, 0.3) is 11.3 Å². The number of hydrogen-bond acceptors (Lipinski definition) is 5. The second-order valence-corrected chi connectivity index (χ2v) is 6.23. The van der Waals surface area contributed by atoms with E-state index in [1.165, 1.54) is 19.2 Å². The summed E-state index contributed by atoms with van der Waals surface area (Å²) < 4.78 is 5.08. The average molecular weight is 340 g/mol. The first-order valence-corrected chi connectivity index (χ1v) is 8.15. The van der Waals surface area contributed by atoms with Gasteiger partial charge in [0.25, 0.3) is 5.91 Å². The lowest BCUT2D eigenvalue weighted by molar-refractivity contribution is 0.102. The molecule has 2 aromatic carbocycles. The Morgan fingerprint density at radius 2 is 1.96 bits per heavy atom. The van der Waals surface area contributed by atoms with Gasteiger partial charge in [0.15, 0.2) is 0 Å². The van der Waals surface area contributed by atoms with Crippen molar-refractivity contribution in [2.24, 2.45) is 0 Å². The summed E-state index contributed by atoms with van der Waals surface area (Å²) in [6, 6.07) is 11.9. The third kappa shape index (κ3) is 3.38. The number of benzene rings is 2. The minimum absolute atomic E-state index is 0.0946. The van der Waals surface area contributed by atoms with Crippen molar-refractivity contribution in [3.8, 4) is 22.8 Å². The molecule has 0 unspecified atom stereocenters. The summed E-state index contributed by atoms with van der Waals surface area (Å²) in [7, 11) is 1.51. The van der Waals surface area contributed by atoms with Crippen molar-refractivity contribution in [3.63, 3.8) is 0 Å². The normalized spacial score (nSPS) is 10.4. The first-order valence-electron chi connectivity index (χ1n) is 7.28. The Hall–Kier alpha value is -2.86. The van der Waals surface area contributed by atoms with Crippen molar-refractivity contribution in [1.29, 1.82) is 0 Å². The predicted molar refractivity (Wildman–Crippen MR) is 94.9 cm³/mol. The van der Waals surface area contributed by atoms with E-state index in [0.717, 1.165) is 16.3 Å². The minimum atomic E-state index is -0.399. The van der Waals surface area contributed by atoms with E-state index < -0.39 is 5.91 Å². The maximum atomic E-state index is 12.3. The van der Waals surface area contributed by atoms with Gasteiger partial charge in [-0.15, -0.1) is 11.3 Å². The molecule has 2 N–H and O–H groups in total. The van der Waals surface area contributed by atoms with Crippen molar-refractivity contribution in [2.75, 3.05) is 12.4 Å². The maximum absolute atomic E-state index is 12.3. The van der Waals surface area contributed by atoms with Crippen LogP contribution in [-0.2, 0) is 0 Å². The molecule has 0 aliphatic carbocycles. The smallest absolute Gasteiger partial charge is 0.259 e. The third-order valence-corrected chi connectivity index (χ3v) is 4.28. The highest BCUT2D eigenvalue weighted by Crippen LogP contribution is 2.26. The number of nitrogens with zero attached hydrogens (tertiary/aromatic N) is 1. The summed E-state index contributed by atoms with van der Waals surface area (Å²) in [6.45, 7) is 1.96. The van der Waals surface area contributed by atoms with Crippen LogP contribution >= 0.6 is 11.3 Å². The van der Waals surface area contributed by atoms with Gasteiger partial charge in [-0.05, 0) is 37.3 Å². The van der Waals surface area contributed by atoms with Crippen LogP contribution in [0.4, 0.5) is 5.69 Å². The molecular weight excluding hydrogens is 324 g/mol. The Bertz CT molecular complexity index is 872. The van der Waals surface area contributed by atoms with Gasteiger partial charge < -0.3 is 15.2 Å². The highest BCUT2D eigenvalue weighted by molar-refractivity contribution is 7.09. The number of aryl methyl sites for hydroxylation is 1. The van der Waals surface area contributed by atoms with Crippen LogP contribution in [0.5, 0.6) is 11.5 Å². The molecule has 3 aromatic rings. The van der Waals surface area contributed by atoms with E-state index in [4.69, 9.17) is 4.74 Å². The van der Waals surface area contributed by atoms with Crippen molar-refractivity contribution in [1.82, 2.24) is 4.98 Å². The number of anilines is 1. The van der Waals surface area contributed by atoms with Crippen molar-refractivity contribution in [3.05, 3.63) is 58.4 Å². The van der Waals surface area contributed by atoms with Gasteiger partial charge >= 0.3 is 0 Å². The predicted octanol–water partition coefficient (Wildman–Crippen LogP) is 4.09. The third-order valence-electron chi connectivity index (χ3n) is 3.51. The first-order chi connectivity index (χ1) is 11.6. The Morgan fingerprint density at radius 3 is 2.58 bits per heavy atom. The zero-order valence-corrected chi connectivity index (χ0v) is 14.1. The summed E-state index contributed by atoms with van der Waals surface area (Å²) >= 11 is 1.60. The van der Waals surface area contributed by atoms with Crippen molar-refractivity contribution >= 4 is 22.9 Å². The molecule has 24 heavy (non-hydrogen) atoms. The first kappa shape index (κ1) is 16.0. The summed E-state index contributed by atoms with van der Waals surface area (Å²) in [4.78, 5) is 16.8. The number of thiazole rings is 1. The largest absolute Gasteiger partial charge is 0.507 e. The van der Waals surface area contributed by atoms with Gasteiger partial charge in [0.1, 0.15) is 11.5 Å². The molecule has 5 nitrogen and oxygen atoms in total. The number of aromatic nitrogens is 1. The number of aromatic hydroxyl groups is 1. The SMILES string of the molecule is COc1ccc(O)c(C(=O)Nc2ccc(-c3csc(C)n3)cc2)c1. The number of carbonyl (C=O) groups is 1. The molecule has 0 fully saturated rings. The number of rotatable bonds is 4. The zero-order valence-electron chi connectivity index (χ0n) is 13.2. The van der Waals surface area contributed by atoms with E-state index in [9.17, 15) is 9.90 Å². The standard InChI is InChI=1S/C18H16N2O3S/c1-11-19-16(10-24-11)12-3-5-13(6-4-12)20-18(22)15-9-14(23-2)7-8-17(15)21/h3-10,21H,1-2H3,(H,20,22). The topological polar surface area (TPSA) is 71.5 Å². The molecule has 0 aliphatic heterocycles. The highest BCUT2D eigenvalue weighted by Gasteiger charge is 2.13. The van der Waals surface area contributed by atoms with Gasteiger partial charge in [0, 0.05) is 16.6 Å². The fourth-order valence-corrected chi connectivity index (χ4v) is 2.86. The van der Waals surface area contributed by atoms with E-state index >= 15 is 0 Å². The summed E-state index contributed by atoms with van der Waals surface area (Å²) in [6.07, 6.45) is 0. The number of amides is 1. The molecule has 1 heterocycles. The monoisotopic (exact) mass is 340 g/mol. The van der Waals surface area contributed by atoms with E-state index in [2.05, 4.69) is 10.3 Å². The van der Waals surface area contributed by atoms with Crippen LogP contribution in [0, 0.1) is 6.92 Å². The lowest BCUT2D eigenvalue weighted by atomic mass is 10.1. The number of methoxy groups -OCH3 is 1. The quantitative estimate of drug-likeness (QED) is 0.750. The van der Waals surface area contributed by atoms with Crippen LogP contribution in [0.15, 0.2) is 47.8 Å². The molecule has 0 bridgehead atoms. The Labute approximate surface area is 143 Å². The van der Waals surface area contributed by atoms with Crippen LogP contribution in [0.2, 0.25) is 0 Å². The van der Waals surface area contributed by atoms with Crippen LogP contribution < -0.4 is 10.1 Å². The molecule has 3 rings (SSSR count). The molecule has 0 saturated carbocycles. The summed E-state index contributed by atoms with van der Waals surface area (Å²) in [5.41, 5.74) is 2.70. The summed E-state index contributed by atoms with van der Waals surface area (Å²) in [5.74, 6) is 0.0127. The van der Waals surface area contributed by atoms with Crippen LogP contribution in [0.3, 0.4) is 0 Å². The lowest BCUT2D eigenvalue weighted by Crippen LogP contribution is -2.12. The summed E-state index contributed by atoms with van der Waals surface area (Å²) in [5, 5.41) is 15.6. The van der Waals surface area contributed by atoms with Crippen LogP contribution in [0.1, 0.15) is 15.4 Å². The molecule has 0 atom stereocenters. The molecule has 0 spiro atoms. The van der Waals surface area contributed by atoms with Gasteiger partial charge in [-0.2, -0.15) is 0 Å². The van der Waals surface area contributed by atoms with Gasteiger partial charge in [-0.25, -0.2) is 4.98 Å². The van der Waals surface area contributed by atoms with E-state index in [0.29, 0.717) is 11.4 Å². The fourth-order valence-electron chi connectivity index (χ4n) is 2.24. The lowest BCUT2D eigenvalue weighted by Gasteiger charge is -2.09. The molecular formula is C18H16N2O3S. The van der Waals surface area contributed by atoms with Gasteiger partial charge in [-0.3, -0.25) is 4.79 Å². The highest BCUT2D eigenvalue weighted by atomic mass is 32.1. The molecule has 6 heteroatoms. The van der Waals surface area contributed by atoms with Gasteiger partial charge in [0.05, 0.1) is 23.4 Å². The maximum Gasteiger partial charge on any atom is 0.259 e. The van der Waals surface area contributed by atoms with Gasteiger partial charge in [-0.1, -0.05) is 12.1 Å². The molecule has 0 radical (unpaired) electrons. The molecule has 0 saturated heterocycles. The Balaban J connectivity index is 1.77. The number of phenols is 1. The second-order valence-electron chi connectivity index (χ2n) is 5.17. The molecule has 1 aromatic heterocycles. The van der Waals surface area contributed by atoms with Crippen LogP contribution in [-0.4, -0.2) is 23.1 Å². The van der Waals surface area contributed by atoms with Crippen molar-refractivity contribution < 1.29 is 14.6 Å². The fraction of sp³-hybridized carbons (Fsp3) is 0.111. The molecule has 0 aliphatic rings. The second kappa shape index (κ2) is 6.72. The number of ether oxygens (including phenoxy) is 1. The molecule has 122 valence electrons. The zero-order chi connectivity index (χ0) is 17.1. The van der Waals surface area contributed by atoms with E-state index in [1.54, 1.807) is 29.5 Å². The van der Waals surface area contributed by atoms with E-state index in [-0.39, 0.29) is 11.3 Å². The van der Waals surface area contributed by atoms with Crippen molar-refractivity contribution in [2.45, 2.75) is 6.92 Å².